The van der Waals surface area contributed by atoms with Gasteiger partial charge in [-0.15, -0.1) is 0 Å². The molecule has 2 aromatic rings. The lowest BCUT2D eigenvalue weighted by Crippen LogP contribution is -2.08. The fraction of sp³-hybridized carbons (Fsp3) is 0.250. The highest BCUT2D eigenvalue weighted by Gasteiger charge is 2.19. The Labute approximate surface area is 126 Å². The zero-order valence-corrected chi connectivity index (χ0v) is 13.3. The number of ketones is 1. The second-order valence-corrected chi connectivity index (χ2v) is 5.81. The molecule has 0 spiro atoms. The maximum absolute atomic E-state index is 12.7. The number of halogens is 1. The first-order chi connectivity index (χ1) is 9.43. The third-order valence-corrected chi connectivity index (χ3v) is 3.85. The first-order valence-electron chi connectivity index (χ1n) is 6.31. The van der Waals surface area contributed by atoms with Crippen LogP contribution < -0.4 is 0 Å². The van der Waals surface area contributed by atoms with Crippen molar-refractivity contribution in [3.8, 4) is 6.07 Å². The molecule has 1 heterocycles. The molecule has 0 fully saturated rings. The van der Waals surface area contributed by atoms with Crippen LogP contribution in [-0.4, -0.2) is 10.8 Å². The second kappa shape index (κ2) is 5.64. The van der Waals surface area contributed by atoms with E-state index in [4.69, 9.17) is 5.26 Å². The Hall–Kier alpha value is -1.86. The molecule has 0 atom stereocenters. The van der Waals surface area contributed by atoms with E-state index in [2.05, 4.69) is 27.0 Å². The van der Waals surface area contributed by atoms with Crippen molar-refractivity contribution < 1.29 is 4.79 Å². The van der Waals surface area contributed by atoms with Gasteiger partial charge in [0.2, 0.25) is 5.78 Å². The summed E-state index contributed by atoms with van der Waals surface area (Å²) >= 11 is 3.39. The van der Waals surface area contributed by atoms with E-state index in [0.29, 0.717) is 10.2 Å². The fourth-order valence-electron chi connectivity index (χ4n) is 2.49. The summed E-state index contributed by atoms with van der Waals surface area (Å²) in [5, 5.41) is 8.72. The summed E-state index contributed by atoms with van der Waals surface area (Å²) < 4.78 is 0.701. The lowest BCUT2D eigenvalue weighted by atomic mass is 9.95. The van der Waals surface area contributed by atoms with E-state index in [9.17, 15) is 4.79 Å². The molecule has 0 amide bonds. The lowest BCUT2D eigenvalue weighted by Gasteiger charge is -2.09. The molecule has 0 aliphatic carbocycles. The summed E-state index contributed by atoms with van der Waals surface area (Å²) in [4.78, 5) is 15.7. The Bertz CT molecular complexity index is 700. The number of carbonyl (C=O) groups excluding carboxylic acids is 1. The molecule has 4 heteroatoms. The molecular weight excluding hydrogens is 316 g/mol. The van der Waals surface area contributed by atoms with Crippen LogP contribution in [-0.2, 0) is 6.42 Å². The summed E-state index contributed by atoms with van der Waals surface area (Å²) in [6, 6.07) is 7.87. The van der Waals surface area contributed by atoms with Gasteiger partial charge in [-0.05, 0) is 53.9 Å². The van der Waals surface area contributed by atoms with Crippen molar-refractivity contribution in [2.75, 3.05) is 0 Å². The van der Waals surface area contributed by atoms with Crippen LogP contribution in [0.15, 0.2) is 22.7 Å². The summed E-state index contributed by atoms with van der Waals surface area (Å²) in [5.41, 5.74) is 5.05. The molecule has 3 nitrogen and oxygen atoms in total. The third-order valence-electron chi connectivity index (χ3n) is 3.23. The highest BCUT2D eigenvalue weighted by molar-refractivity contribution is 9.10. The monoisotopic (exact) mass is 330 g/mol. The molecule has 20 heavy (non-hydrogen) atoms. The molecular formula is C16H15BrN2O. The Morgan fingerprint density at radius 1 is 1.25 bits per heavy atom. The lowest BCUT2D eigenvalue weighted by molar-refractivity contribution is 0.103. The number of nitrogens with zero attached hydrogens (tertiary/aromatic N) is 1. The molecule has 0 unspecified atom stereocenters. The van der Waals surface area contributed by atoms with Gasteiger partial charge in [0.15, 0.2) is 0 Å². The number of carbonyl (C=O) groups is 1. The molecule has 102 valence electrons. The summed E-state index contributed by atoms with van der Waals surface area (Å²) in [6.07, 6.45) is 0.262. The van der Waals surface area contributed by atoms with Crippen molar-refractivity contribution in [1.29, 1.82) is 5.26 Å². The smallest absolute Gasteiger partial charge is 0.210 e. The van der Waals surface area contributed by atoms with Gasteiger partial charge >= 0.3 is 0 Å². The first-order valence-corrected chi connectivity index (χ1v) is 7.10. The van der Waals surface area contributed by atoms with Gasteiger partial charge in [-0.1, -0.05) is 17.7 Å². The molecule has 1 aromatic heterocycles. The summed E-state index contributed by atoms with van der Waals surface area (Å²) in [7, 11) is 0. The molecule has 1 aromatic carbocycles. The minimum absolute atomic E-state index is 0.0453. The Morgan fingerprint density at radius 3 is 2.40 bits per heavy atom. The van der Waals surface area contributed by atoms with Gasteiger partial charge in [-0.3, -0.25) is 4.79 Å². The average molecular weight is 331 g/mol. The van der Waals surface area contributed by atoms with Gasteiger partial charge in [0.05, 0.1) is 12.5 Å². The summed E-state index contributed by atoms with van der Waals surface area (Å²) in [5.74, 6) is -0.0453. The van der Waals surface area contributed by atoms with Gasteiger partial charge < -0.3 is 4.98 Å². The number of aryl methyl sites for hydroxylation is 3. The van der Waals surface area contributed by atoms with Crippen LogP contribution in [0.3, 0.4) is 0 Å². The van der Waals surface area contributed by atoms with Gasteiger partial charge in [-0.2, -0.15) is 5.26 Å². The minimum Gasteiger partial charge on any atom is -0.354 e. The Kier molecular flexibility index (Phi) is 4.10. The van der Waals surface area contributed by atoms with Crippen LogP contribution in [0.1, 0.15) is 38.4 Å². The maximum Gasteiger partial charge on any atom is 0.210 e. The number of nitriles is 1. The van der Waals surface area contributed by atoms with E-state index in [1.165, 1.54) is 0 Å². The number of aromatic amines is 1. The van der Waals surface area contributed by atoms with E-state index in [0.717, 1.165) is 27.9 Å². The van der Waals surface area contributed by atoms with Crippen LogP contribution >= 0.6 is 15.9 Å². The van der Waals surface area contributed by atoms with E-state index in [1.54, 1.807) is 6.07 Å². The minimum atomic E-state index is -0.0453. The van der Waals surface area contributed by atoms with E-state index in [-0.39, 0.29) is 12.2 Å². The van der Waals surface area contributed by atoms with Gasteiger partial charge in [0.1, 0.15) is 5.69 Å². The third kappa shape index (κ3) is 2.68. The van der Waals surface area contributed by atoms with E-state index in [1.807, 2.05) is 32.9 Å². The van der Waals surface area contributed by atoms with Crippen molar-refractivity contribution in [3.63, 3.8) is 0 Å². The number of benzene rings is 1. The zero-order valence-electron chi connectivity index (χ0n) is 11.7. The van der Waals surface area contributed by atoms with E-state index >= 15 is 0 Å². The molecule has 2 rings (SSSR count). The Balaban J connectivity index is 2.50. The number of rotatable bonds is 3. The van der Waals surface area contributed by atoms with Crippen LogP contribution in [0.25, 0.3) is 0 Å². The van der Waals surface area contributed by atoms with Crippen LogP contribution in [0.4, 0.5) is 0 Å². The molecule has 0 saturated heterocycles. The predicted molar refractivity (Wildman–Crippen MR) is 81.9 cm³/mol. The molecule has 0 saturated carbocycles. The van der Waals surface area contributed by atoms with Crippen molar-refractivity contribution in [1.82, 2.24) is 4.98 Å². The largest absolute Gasteiger partial charge is 0.354 e. The number of nitrogens with one attached hydrogen (secondary N) is 1. The highest BCUT2D eigenvalue weighted by Crippen LogP contribution is 2.25. The second-order valence-electron chi connectivity index (χ2n) is 4.96. The van der Waals surface area contributed by atoms with Crippen LogP contribution in [0, 0.1) is 32.1 Å². The predicted octanol–water partition coefficient (Wildman–Crippen LogP) is 4.00. The molecule has 0 aliphatic heterocycles. The molecule has 0 bridgehead atoms. The van der Waals surface area contributed by atoms with Gasteiger partial charge in [0.25, 0.3) is 0 Å². The standard InChI is InChI=1S/C16H15BrN2O/c1-9-6-10(2)14(11(3)7-9)16(20)15-13(17)8-12(19-15)4-5-18/h6-8,19H,4H2,1-3H3. The highest BCUT2D eigenvalue weighted by atomic mass is 79.9. The Morgan fingerprint density at radius 2 is 1.85 bits per heavy atom. The van der Waals surface area contributed by atoms with Crippen molar-refractivity contribution in [2.45, 2.75) is 27.2 Å². The topological polar surface area (TPSA) is 56.6 Å². The van der Waals surface area contributed by atoms with Gasteiger partial charge in [0, 0.05) is 15.7 Å². The zero-order chi connectivity index (χ0) is 14.9. The van der Waals surface area contributed by atoms with Crippen LogP contribution in [0.2, 0.25) is 0 Å². The molecule has 1 N–H and O–H groups in total. The normalized spacial score (nSPS) is 10.3. The SMILES string of the molecule is Cc1cc(C)c(C(=O)c2[nH]c(CC#N)cc2Br)c(C)c1. The fourth-order valence-corrected chi connectivity index (χ4v) is 3.05. The number of H-pyrrole nitrogens is 1. The summed E-state index contributed by atoms with van der Waals surface area (Å²) in [6.45, 7) is 5.91. The van der Waals surface area contributed by atoms with Crippen LogP contribution in [0.5, 0.6) is 0 Å². The first kappa shape index (κ1) is 14.5. The van der Waals surface area contributed by atoms with Crippen molar-refractivity contribution in [3.05, 3.63) is 56.3 Å². The number of hydrogen-bond acceptors (Lipinski definition) is 2. The van der Waals surface area contributed by atoms with E-state index < -0.39 is 0 Å². The quantitative estimate of drug-likeness (QED) is 0.864. The number of hydrogen-bond donors (Lipinski definition) is 1. The average Bonchev–Trinajstić information content (AvgIpc) is 2.69. The molecule has 0 radical (unpaired) electrons. The van der Waals surface area contributed by atoms with Crippen molar-refractivity contribution in [2.24, 2.45) is 0 Å². The van der Waals surface area contributed by atoms with Crippen molar-refractivity contribution >= 4 is 21.7 Å². The maximum atomic E-state index is 12.7. The van der Waals surface area contributed by atoms with Gasteiger partial charge in [-0.25, -0.2) is 0 Å². The molecule has 0 aliphatic rings. The number of aromatic nitrogens is 1.